The monoisotopic (exact) mass is 1920 g/mol. The van der Waals surface area contributed by atoms with Gasteiger partial charge in [0.15, 0.2) is 47.7 Å². The quantitative estimate of drug-likeness (QED) is 0.0114. The van der Waals surface area contributed by atoms with Gasteiger partial charge in [-0.15, -0.1) is 0 Å². The van der Waals surface area contributed by atoms with E-state index in [2.05, 4.69) is 100 Å². The van der Waals surface area contributed by atoms with Gasteiger partial charge in [0, 0.05) is 71.0 Å². The summed E-state index contributed by atoms with van der Waals surface area (Å²) in [7, 11) is 0. The molecular formula is C89H150N36O12. The molecule has 0 aromatic heterocycles. The molecule has 5 rings (SSSR count). The Hall–Kier alpha value is -14.2. The van der Waals surface area contributed by atoms with E-state index < -0.39 is 144 Å². The van der Waals surface area contributed by atoms with Gasteiger partial charge in [0.05, 0.1) is 6.54 Å². The number of rotatable bonds is 63. The molecule has 0 aliphatic carbocycles. The van der Waals surface area contributed by atoms with Crippen molar-refractivity contribution in [2.45, 2.75) is 216 Å². The fourth-order valence-corrected chi connectivity index (χ4v) is 15.4. The topological polar surface area (TPSA) is 825 Å². The number of hydrogen-bond acceptors (Lipinski definition) is 22. The zero-order valence-electron chi connectivity index (χ0n) is 78.7. The third-order valence-corrected chi connectivity index (χ3v) is 22.6. The number of hydrogen-bond donors (Lipinski definition) is 34. The number of guanidine groups is 8. The first-order valence-electron chi connectivity index (χ1n) is 47.0. The van der Waals surface area contributed by atoms with Crippen LogP contribution >= 0.6 is 0 Å². The smallest absolute Gasteiger partial charge is 0.251 e. The summed E-state index contributed by atoms with van der Waals surface area (Å²) >= 11 is 0. The van der Waals surface area contributed by atoms with Crippen LogP contribution in [0, 0.1) is 43.3 Å². The second-order valence-corrected chi connectivity index (χ2v) is 33.5. The van der Waals surface area contributed by atoms with Gasteiger partial charge >= 0.3 is 0 Å². The molecule has 2 aliphatic heterocycles. The van der Waals surface area contributed by atoms with Crippen molar-refractivity contribution in [1.82, 2.24) is 100 Å². The van der Waals surface area contributed by atoms with Crippen LogP contribution in [0.15, 0.2) is 72.8 Å². The Bertz CT molecular complexity index is 4380. The van der Waals surface area contributed by atoms with Crippen molar-refractivity contribution in [3.05, 3.63) is 95.1 Å². The van der Waals surface area contributed by atoms with Crippen LogP contribution in [0.25, 0.3) is 11.1 Å². The SMILES string of the molecule is CCC(=C(c1ccc(OCCN2CCCCCC2)cc1)c1ccc(OCCN2CCCCCC2)cc1)c1cccc(C(=O)NCC(=O)N[C@@H](CCCNC(=N)N)C(=O)N[C@@H](CCCNC(=N)N)C(=O)N[C@@H](CCCNC(=N)N)C(=O)N[C@@H](CCCNC(=N)N)C(=O)N[C@@H](CCCNC(=N)N)C(=O)N[C@@H](CCCNC(=N)N)C(=O)N[C@@H](CCCNC(=N)N)C(=O)N[C@@H](CCCNC(=N)N)C(N)=O)c1. The van der Waals surface area contributed by atoms with Gasteiger partial charge in [-0.05, 0) is 225 Å². The molecule has 2 saturated heterocycles. The summed E-state index contributed by atoms with van der Waals surface area (Å²) < 4.78 is 12.6. The van der Waals surface area contributed by atoms with Gasteiger partial charge < -0.3 is 151 Å². The van der Waals surface area contributed by atoms with E-state index in [9.17, 15) is 33.6 Å². The number of benzene rings is 3. The molecule has 758 valence electrons. The number of nitrogens with two attached hydrogens (primary N) is 9. The maximum atomic E-state index is 15.1. The lowest BCUT2D eigenvalue weighted by atomic mass is 9.87. The third kappa shape index (κ3) is 47.0. The maximum absolute atomic E-state index is 15.1. The minimum absolute atomic E-state index is 0.000381. The van der Waals surface area contributed by atoms with Crippen molar-refractivity contribution in [2.24, 2.45) is 51.6 Å². The Morgan fingerprint density at radius 3 is 0.818 bits per heavy atom. The minimum Gasteiger partial charge on any atom is -0.492 e. The Morgan fingerprint density at radius 2 is 0.562 bits per heavy atom. The maximum Gasteiger partial charge on any atom is 0.251 e. The lowest BCUT2D eigenvalue weighted by molar-refractivity contribution is -0.136. The molecular weight excluding hydrogens is 1770 g/mol. The highest BCUT2D eigenvalue weighted by atomic mass is 16.5. The van der Waals surface area contributed by atoms with Crippen LogP contribution in [0.1, 0.15) is 194 Å². The number of carbonyl (C=O) groups is 10. The fraction of sp³-hybridized carbons (Fsp3) is 0.573. The second-order valence-electron chi connectivity index (χ2n) is 33.5. The van der Waals surface area contributed by atoms with Crippen LogP contribution in [0.2, 0.25) is 0 Å². The molecule has 48 nitrogen and oxygen atoms in total. The highest BCUT2D eigenvalue weighted by Gasteiger charge is 2.36. The summed E-state index contributed by atoms with van der Waals surface area (Å²) in [6.45, 7) is 8.52. The predicted molar refractivity (Wildman–Crippen MR) is 527 cm³/mol. The van der Waals surface area contributed by atoms with Crippen LogP contribution < -0.4 is 151 Å². The van der Waals surface area contributed by atoms with E-state index in [1.807, 2.05) is 61.5 Å². The summed E-state index contributed by atoms with van der Waals surface area (Å²) in [5.41, 5.74) is 54.9. The van der Waals surface area contributed by atoms with Crippen LogP contribution in [-0.4, -0.2) is 276 Å². The van der Waals surface area contributed by atoms with E-state index >= 15 is 14.4 Å². The molecule has 8 atom stereocenters. The van der Waals surface area contributed by atoms with E-state index in [4.69, 9.17) is 104 Å². The number of primary amides is 1. The molecule has 0 saturated carbocycles. The van der Waals surface area contributed by atoms with Crippen molar-refractivity contribution in [2.75, 3.05) is 111 Å². The normalized spacial score (nSPS) is 14.3. The summed E-state index contributed by atoms with van der Waals surface area (Å²) in [4.78, 5) is 150. The first kappa shape index (κ1) is 113. The van der Waals surface area contributed by atoms with Crippen LogP contribution in [-0.2, 0) is 43.2 Å². The van der Waals surface area contributed by atoms with Crippen molar-refractivity contribution in [3.63, 3.8) is 0 Å². The Balaban J connectivity index is 1.45. The highest BCUT2D eigenvalue weighted by molar-refractivity contribution is 6.03. The Morgan fingerprint density at radius 1 is 0.314 bits per heavy atom. The fourth-order valence-electron chi connectivity index (χ4n) is 15.4. The zero-order valence-corrected chi connectivity index (χ0v) is 78.7. The lowest BCUT2D eigenvalue weighted by Crippen LogP contribution is -2.60. The number of nitrogens with zero attached hydrogens (tertiary/aromatic N) is 2. The summed E-state index contributed by atoms with van der Waals surface area (Å²) in [5.74, 6) is -10.9. The van der Waals surface area contributed by atoms with Gasteiger partial charge in [0.2, 0.25) is 53.2 Å². The predicted octanol–water partition coefficient (Wildman–Crippen LogP) is -3.24. The van der Waals surface area contributed by atoms with Crippen LogP contribution in [0.3, 0.4) is 0 Å². The van der Waals surface area contributed by atoms with Crippen molar-refractivity contribution in [1.29, 1.82) is 43.3 Å². The molecule has 0 bridgehead atoms. The molecule has 2 aliphatic rings. The van der Waals surface area contributed by atoms with Crippen molar-refractivity contribution < 1.29 is 57.4 Å². The number of amides is 10. The Labute approximate surface area is 800 Å². The molecule has 137 heavy (non-hydrogen) atoms. The molecule has 48 heteroatoms. The standard InChI is InChI=1S/C89H150N36O12/c1-2-62(72(56-30-34-60(35-31-56)136-52-50-124-46-7-3-4-8-47-124)57-32-36-61(37-33-57)137-53-51-125-48-9-5-6-10-49-125)58-20-11-21-59(54-58)74(128)115-55-71(126)116-64(23-13-39-108-83(93)94)75(129)118-66(25-15-41-110-85(97)98)77(131)120-68(27-17-43-112-87(101)102)79(133)122-70(29-19-45-114-89(105)106)81(135)123-69(28-18-44-113-88(103)104)80(134)121-67(26-16-42-111-86(99)100)78(132)119-65(24-14-40-109-84(95)96)76(130)117-63(73(90)127)22-12-38-107-82(91)92/h11,20-21,30-37,54,63-70H,2-10,12-19,22-29,38-53,55H2,1H3,(H2,90,127)(H,115,128)(H,116,126)(H,117,130)(H,118,129)(H,119,132)(H,120,131)(H,121,134)(H,122,133)(H,123,135)(H4,91,92,107)(H4,93,94,108)(H4,95,96,109)(H4,97,98,110)(H4,99,100,111)(H4,101,102,112)(H4,103,104,113)(H4,105,106,114)/t63-,64-,65-,66-,67-,68-,69-,70-/m0/s1. The number of nitrogens with one attached hydrogen (secondary N) is 25. The van der Waals surface area contributed by atoms with E-state index in [-0.39, 0.29) is 179 Å². The van der Waals surface area contributed by atoms with Gasteiger partial charge in [-0.1, -0.05) is 69.0 Å². The number of ether oxygens (including phenoxy) is 2. The largest absolute Gasteiger partial charge is 0.492 e. The average molecular weight is 1920 g/mol. The van der Waals surface area contributed by atoms with E-state index in [0.29, 0.717) is 19.6 Å². The van der Waals surface area contributed by atoms with Gasteiger partial charge in [0.1, 0.15) is 73.0 Å². The van der Waals surface area contributed by atoms with Crippen LogP contribution in [0.4, 0.5) is 0 Å². The number of carbonyl (C=O) groups excluding carboxylic acids is 10. The third-order valence-electron chi connectivity index (χ3n) is 22.6. The second kappa shape index (κ2) is 63.9. The molecule has 10 amide bonds. The zero-order chi connectivity index (χ0) is 100. The first-order chi connectivity index (χ1) is 65.6. The van der Waals surface area contributed by atoms with Gasteiger partial charge in [0.25, 0.3) is 5.91 Å². The molecule has 0 spiro atoms. The van der Waals surface area contributed by atoms with Crippen LogP contribution in [0.5, 0.6) is 11.5 Å². The minimum atomic E-state index is -1.60. The summed E-state index contributed by atoms with van der Waals surface area (Å²) in [5, 5.41) is 107. The molecule has 3 aromatic rings. The number of allylic oxidation sites excluding steroid dienone is 1. The van der Waals surface area contributed by atoms with Crippen molar-refractivity contribution in [3.8, 4) is 11.5 Å². The summed E-state index contributed by atoms with van der Waals surface area (Å²) in [6.07, 6.45) is 9.34. The van der Waals surface area contributed by atoms with E-state index in [1.54, 1.807) is 18.2 Å². The number of likely N-dealkylation sites (tertiary alicyclic amines) is 2. The van der Waals surface area contributed by atoms with Gasteiger partial charge in [-0.25, -0.2) is 0 Å². The summed E-state index contributed by atoms with van der Waals surface area (Å²) in [6, 6.07) is 11.0. The van der Waals surface area contributed by atoms with Gasteiger partial charge in [-0.3, -0.25) is 101 Å². The lowest BCUT2D eigenvalue weighted by Gasteiger charge is -2.28. The Kier molecular flexibility index (Phi) is 52.8. The molecule has 0 unspecified atom stereocenters. The van der Waals surface area contributed by atoms with E-state index in [0.717, 1.165) is 78.6 Å². The molecule has 3 aromatic carbocycles. The molecule has 2 heterocycles. The molecule has 2 fully saturated rings. The highest BCUT2D eigenvalue weighted by Crippen LogP contribution is 2.36. The van der Waals surface area contributed by atoms with E-state index in [1.165, 1.54) is 51.4 Å². The molecule has 43 N–H and O–H groups in total. The average Bonchev–Trinajstić information content (AvgIpc) is 1.19. The molecule has 0 radical (unpaired) electrons. The van der Waals surface area contributed by atoms with Gasteiger partial charge in [-0.2, -0.15) is 0 Å². The van der Waals surface area contributed by atoms with Crippen molar-refractivity contribution >= 4 is 118 Å². The first-order valence-corrected chi connectivity index (χ1v) is 47.0.